The van der Waals surface area contributed by atoms with Crippen LogP contribution < -0.4 is 16.2 Å². The number of nitrogens with one attached hydrogen (secondary N) is 1. The first kappa shape index (κ1) is 20.4. The zero-order valence-electron chi connectivity index (χ0n) is 16.4. The number of hydrogen-bond donors (Lipinski definition) is 3. The molecule has 5 N–H and O–H groups in total. The Morgan fingerprint density at radius 2 is 2.06 bits per heavy atom. The molecule has 7 nitrogen and oxygen atoms in total. The SMILES string of the molecule is N=C/C(=C\N)c1ccc2c(c1)OCCc1sc(C(N=CN)=Nc3ccccc3F)nc1-2. The van der Waals surface area contributed by atoms with Gasteiger partial charge in [-0.15, -0.1) is 11.3 Å². The van der Waals surface area contributed by atoms with Gasteiger partial charge in [0.25, 0.3) is 0 Å². The zero-order chi connectivity index (χ0) is 21.8. The van der Waals surface area contributed by atoms with Crippen LogP contribution in [0.3, 0.4) is 0 Å². The molecule has 156 valence electrons. The summed E-state index contributed by atoms with van der Waals surface area (Å²) in [4.78, 5) is 14.2. The summed E-state index contributed by atoms with van der Waals surface area (Å²) in [6, 6.07) is 11.8. The zero-order valence-corrected chi connectivity index (χ0v) is 17.2. The van der Waals surface area contributed by atoms with Crippen LogP contribution in [0.1, 0.15) is 15.4 Å². The molecule has 0 unspecified atom stereocenters. The molecule has 4 rings (SSSR count). The van der Waals surface area contributed by atoms with Crippen LogP contribution in [0.4, 0.5) is 10.1 Å². The number of ether oxygens (including phenoxy) is 1. The molecule has 2 heterocycles. The van der Waals surface area contributed by atoms with Crippen molar-refractivity contribution in [1.29, 1.82) is 5.41 Å². The average molecular weight is 435 g/mol. The second kappa shape index (κ2) is 8.88. The summed E-state index contributed by atoms with van der Waals surface area (Å²) in [6.07, 6.45) is 4.35. The highest BCUT2D eigenvalue weighted by molar-refractivity contribution is 7.14. The van der Waals surface area contributed by atoms with E-state index in [1.807, 2.05) is 18.2 Å². The Bertz CT molecular complexity index is 1230. The van der Waals surface area contributed by atoms with E-state index in [-0.39, 0.29) is 11.5 Å². The van der Waals surface area contributed by atoms with Crippen molar-refractivity contribution in [2.45, 2.75) is 6.42 Å². The lowest BCUT2D eigenvalue weighted by molar-refractivity contribution is 0.327. The molecule has 9 heteroatoms. The van der Waals surface area contributed by atoms with Crippen molar-refractivity contribution < 1.29 is 9.13 Å². The minimum absolute atomic E-state index is 0.162. The van der Waals surface area contributed by atoms with Gasteiger partial charge in [0, 0.05) is 34.8 Å². The highest BCUT2D eigenvalue weighted by Crippen LogP contribution is 2.39. The normalized spacial score (nSPS) is 14.0. The van der Waals surface area contributed by atoms with Crippen LogP contribution in [0.15, 0.2) is 58.6 Å². The van der Waals surface area contributed by atoms with Gasteiger partial charge < -0.3 is 21.6 Å². The molecule has 0 spiro atoms. The van der Waals surface area contributed by atoms with E-state index in [0.29, 0.717) is 29.4 Å². The maximum absolute atomic E-state index is 14.1. The van der Waals surface area contributed by atoms with Crippen LogP contribution in [0.2, 0.25) is 0 Å². The first-order valence-corrected chi connectivity index (χ1v) is 10.2. The van der Waals surface area contributed by atoms with Gasteiger partial charge in [-0.25, -0.2) is 19.4 Å². The molecule has 0 amide bonds. The Balaban J connectivity index is 1.80. The van der Waals surface area contributed by atoms with Crippen LogP contribution >= 0.6 is 11.3 Å². The van der Waals surface area contributed by atoms with E-state index in [0.717, 1.165) is 28.0 Å². The summed E-state index contributed by atoms with van der Waals surface area (Å²) in [5.41, 5.74) is 14.2. The topological polar surface area (TPSA) is 123 Å². The predicted molar refractivity (Wildman–Crippen MR) is 123 cm³/mol. The standard InChI is InChI=1S/C22H19FN6OS/c23-16-3-1-2-4-17(16)28-21(27-12-26)22-29-20-15-6-5-13(14(10-24)11-25)9-18(15)30-8-7-19(20)31-22/h1-6,9-12,24H,7-8,25H2,(H2,26,27,28)/b14-11+,24-10?. The average Bonchev–Trinajstić information content (AvgIpc) is 3.12. The van der Waals surface area contributed by atoms with Gasteiger partial charge in [0.2, 0.25) is 0 Å². The predicted octanol–water partition coefficient (Wildman–Crippen LogP) is 3.90. The molecule has 0 aliphatic carbocycles. The van der Waals surface area contributed by atoms with Gasteiger partial charge in [0.05, 0.1) is 18.6 Å². The molecule has 2 aromatic carbocycles. The molecule has 0 saturated heterocycles. The molecular weight excluding hydrogens is 415 g/mol. The largest absolute Gasteiger partial charge is 0.492 e. The van der Waals surface area contributed by atoms with Gasteiger partial charge in [-0.05, 0) is 29.8 Å². The van der Waals surface area contributed by atoms with E-state index in [2.05, 4.69) is 9.98 Å². The summed E-state index contributed by atoms with van der Waals surface area (Å²) < 4.78 is 20.0. The monoisotopic (exact) mass is 434 g/mol. The second-order valence-corrected chi connectivity index (χ2v) is 7.62. The number of amidine groups is 1. The Hall–Kier alpha value is -3.85. The van der Waals surface area contributed by atoms with Gasteiger partial charge in [-0.1, -0.05) is 18.2 Å². The maximum atomic E-state index is 14.1. The molecule has 0 bridgehead atoms. The van der Waals surface area contributed by atoms with E-state index < -0.39 is 5.82 Å². The van der Waals surface area contributed by atoms with Gasteiger partial charge in [-0.2, -0.15) is 0 Å². The second-order valence-electron chi connectivity index (χ2n) is 6.53. The Kier molecular flexibility index (Phi) is 5.85. The van der Waals surface area contributed by atoms with Crippen LogP contribution in [-0.4, -0.2) is 30.0 Å². The van der Waals surface area contributed by atoms with Crippen molar-refractivity contribution in [3.63, 3.8) is 0 Å². The summed E-state index contributed by atoms with van der Waals surface area (Å²) in [7, 11) is 0. The first-order valence-electron chi connectivity index (χ1n) is 9.42. The van der Waals surface area contributed by atoms with Gasteiger partial charge in [0.1, 0.15) is 17.3 Å². The van der Waals surface area contributed by atoms with Crippen LogP contribution in [-0.2, 0) is 6.42 Å². The number of rotatable bonds is 4. The molecule has 3 aromatic rings. The molecule has 0 fully saturated rings. The number of para-hydroxylation sites is 1. The molecule has 1 aromatic heterocycles. The van der Waals surface area contributed by atoms with Crippen molar-refractivity contribution in [2.24, 2.45) is 21.5 Å². The fraction of sp³-hybridized carbons (Fsp3) is 0.0909. The maximum Gasteiger partial charge on any atom is 0.190 e. The van der Waals surface area contributed by atoms with Gasteiger partial charge >= 0.3 is 0 Å². The Morgan fingerprint density at radius 1 is 1.23 bits per heavy atom. The molecule has 0 saturated carbocycles. The lowest BCUT2D eigenvalue weighted by Gasteiger charge is -2.09. The van der Waals surface area contributed by atoms with Crippen LogP contribution in [0.25, 0.3) is 16.8 Å². The number of hydrogen-bond acceptors (Lipinski definition) is 6. The summed E-state index contributed by atoms with van der Waals surface area (Å²) in [6.45, 7) is 0.470. The fourth-order valence-corrected chi connectivity index (χ4v) is 4.18. The number of aromatic nitrogens is 1. The number of allylic oxidation sites excluding steroid dienone is 1. The third-order valence-corrected chi connectivity index (χ3v) is 5.77. The van der Waals surface area contributed by atoms with Gasteiger partial charge in [0.15, 0.2) is 10.8 Å². The summed E-state index contributed by atoms with van der Waals surface area (Å²) in [5, 5.41) is 8.04. The number of nitrogens with two attached hydrogens (primary N) is 2. The molecule has 1 aliphatic rings. The van der Waals surface area contributed by atoms with Crippen molar-refractivity contribution in [3.05, 3.63) is 69.9 Å². The number of halogens is 1. The Morgan fingerprint density at radius 3 is 2.81 bits per heavy atom. The third-order valence-electron chi connectivity index (χ3n) is 4.66. The lowest BCUT2D eigenvalue weighted by atomic mass is 10.0. The molecule has 0 atom stereocenters. The van der Waals surface area contributed by atoms with E-state index in [1.165, 1.54) is 29.8 Å². The number of nitrogens with zero attached hydrogens (tertiary/aromatic N) is 3. The quantitative estimate of drug-likeness (QED) is 0.426. The van der Waals surface area contributed by atoms with Crippen molar-refractivity contribution >= 4 is 41.0 Å². The lowest BCUT2D eigenvalue weighted by Crippen LogP contribution is -2.02. The highest BCUT2D eigenvalue weighted by Gasteiger charge is 2.23. The third kappa shape index (κ3) is 4.08. The van der Waals surface area contributed by atoms with Crippen molar-refractivity contribution in [1.82, 2.24) is 4.98 Å². The first-order chi connectivity index (χ1) is 15.1. The van der Waals surface area contributed by atoms with E-state index >= 15 is 0 Å². The van der Waals surface area contributed by atoms with Crippen molar-refractivity contribution in [2.75, 3.05) is 6.61 Å². The van der Waals surface area contributed by atoms with Gasteiger partial charge in [-0.3, -0.25) is 0 Å². The molecule has 31 heavy (non-hydrogen) atoms. The highest BCUT2D eigenvalue weighted by atomic mass is 32.1. The fourth-order valence-electron chi connectivity index (χ4n) is 3.18. The molecule has 1 aliphatic heterocycles. The smallest absolute Gasteiger partial charge is 0.190 e. The minimum atomic E-state index is -0.452. The number of fused-ring (bicyclic) bond motifs is 3. The Labute approximate surface area is 182 Å². The van der Waals surface area contributed by atoms with Crippen LogP contribution in [0, 0.1) is 11.2 Å². The van der Waals surface area contributed by atoms with E-state index in [9.17, 15) is 4.39 Å². The summed E-state index contributed by atoms with van der Waals surface area (Å²) >= 11 is 1.42. The van der Waals surface area contributed by atoms with E-state index in [1.54, 1.807) is 18.2 Å². The van der Waals surface area contributed by atoms with E-state index in [4.69, 9.17) is 26.6 Å². The van der Waals surface area contributed by atoms with Crippen molar-refractivity contribution in [3.8, 4) is 17.0 Å². The number of thiazole rings is 1. The summed E-state index contributed by atoms with van der Waals surface area (Å²) in [5.74, 6) is 0.442. The number of aliphatic imine (C=N–C) groups is 2. The minimum Gasteiger partial charge on any atom is -0.492 e. The molecule has 0 radical (unpaired) electrons. The molecular formula is C22H19FN6OS. The van der Waals surface area contributed by atoms with Crippen LogP contribution in [0.5, 0.6) is 5.75 Å². The number of benzene rings is 2.